The third-order valence-corrected chi connectivity index (χ3v) is 16.4. The van der Waals surface area contributed by atoms with E-state index in [1.54, 1.807) is 0 Å². The number of hydrogen-bond donors (Lipinski definition) is 0. The molecule has 6 N–H and O–H groups in total. The van der Waals surface area contributed by atoms with Gasteiger partial charge in [-0.1, -0.05) is 129 Å². The van der Waals surface area contributed by atoms with Crippen LogP contribution >= 0.6 is 0 Å². The molecule has 11 aromatic carbocycles. The van der Waals surface area contributed by atoms with Crippen molar-refractivity contribution in [2.75, 3.05) is 0 Å². The molecular formula is C84H40Co2F40O10+2. The second-order valence-electron chi connectivity index (χ2n) is 25.5. The van der Waals surface area contributed by atoms with Gasteiger partial charge in [0.2, 0.25) is 46.5 Å². The molecular weight excluding hydrogens is 2050 g/mol. The first-order chi connectivity index (χ1) is 61.0. The van der Waals surface area contributed by atoms with Crippen LogP contribution in [-0.4, -0.2) is 23.1 Å². The van der Waals surface area contributed by atoms with E-state index in [-0.39, 0.29) is 44.5 Å². The third kappa shape index (κ3) is 26.1. The summed E-state index contributed by atoms with van der Waals surface area (Å²) in [6.45, 7) is 12.6. The largest absolute Gasteiger partial charge is 2.00 e. The number of carbonyl (C=O) groups is 4. The van der Waals surface area contributed by atoms with E-state index in [2.05, 4.69) is 114 Å². The monoisotopic (exact) mass is 2090 g/mol. The molecule has 136 heavy (non-hydrogen) atoms. The molecule has 0 atom stereocenters. The summed E-state index contributed by atoms with van der Waals surface area (Å²) in [6.07, 6.45) is -2.35. The van der Waals surface area contributed by atoms with Crippen molar-refractivity contribution in [3.05, 3.63) is 408 Å². The summed E-state index contributed by atoms with van der Waals surface area (Å²) in [4.78, 5) is 46.5. The van der Waals surface area contributed by atoms with Crippen molar-refractivity contribution in [3.63, 3.8) is 0 Å². The quantitative estimate of drug-likeness (QED) is 0.0217. The summed E-state index contributed by atoms with van der Waals surface area (Å²) in [7, 11) is 0. The van der Waals surface area contributed by atoms with E-state index in [9.17, 15) is 215 Å². The fourth-order valence-corrected chi connectivity index (χ4v) is 9.53. The molecule has 0 heterocycles. The molecule has 52 heteroatoms. The number of rotatable bonds is 12. The smallest absolute Gasteiger partial charge is 0.872 e. The van der Waals surface area contributed by atoms with Crippen LogP contribution < -0.4 is 20.4 Å². The molecule has 0 unspecified atom stereocenters. The second kappa shape index (κ2) is 49.6. The molecule has 0 aliphatic rings. The molecule has 0 saturated carbocycles. The van der Waals surface area contributed by atoms with Crippen LogP contribution in [0.15, 0.2) is 97.1 Å². The maximum Gasteiger partial charge on any atom is 2.00 e. The van der Waals surface area contributed by atoms with Gasteiger partial charge in [-0.05, 0) is 65.8 Å². The van der Waals surface area contributed by atoms with Gasteiger partial charge in [0.1, 0.15) is 0 Å². The van der Waals surface area contributed by atoms with Gasteiger partial charge in [-0.15, -0.1) is 0 Å². The van der Waals surface area contributed by atoms with Crippen LogP contribution in [-0.2, 0) is 44.5 Å². The molecule has 0 amide bonds. The van der Waals surface area contributed by atoms with Crippen molar-refractivity contribution < 1.29 is 260 Å². The van der Waals surface area contributed by atoms with Crippen molar-refractivity contribution in [1.29, 1.82) is 0 Å². The van der Waals surface area contributed by atoms with E-state index in [1.807, 2.05) is 0 Å². The Morgan fingerprint density at radius 1 is 0.154 bits per heavy atom. The van der Waals surface area contributed by atoms with Crippen molar-refractivity contribution in [2.24, 2.45) is 0 Å². The maximum atomic E-state index is 13.5. The minimum Gasteiger partial charge on any atom is -0.872 e. The van der Waals surface area contributed by atoms with Gasteiger partial charge < -0.3 is 31.4 Å². The predicted octanol–water partition coefficient (Wildman–Crippen LogP) is 19.7. The van der Waals surface area contributed by atoms with Gasteiger partial charge in [-0.2, -0.15) is 0 Å². The first kappa shape index (κ1) is 120. The summed E-state index contributed by atoms with van der Waals surface area (Å²) in [5.74, 6) is -123. The zero-order valence-electron chi connectivity index (χ0n) is 66.4. The Morgan fingerprint density at radius 3 is 0.301 bits per heavy atom. The number of allylic oxidation sites excluding steroid dienone is 4. The van der Waals surface area contributed by atoms with Crippen molar-refractivity contribution in [2.45, 2.75) is 41.5 Å². The fraction of sp³-hybridized carbons (Fsp3) is 0.0714. The van der Waals surface area contributed by atoms with Crippen molar-refractivity contribution >= 4 is 46.2 Å². The Labute approximate surface area is 752 Å². The zero-order chi connectivity index (χ0) is 101. The SMILES string of the molecule is Cc1ccc(C)cc1.Cc1ccc(C)cc1.Cc1ccc(C)cc1.O=C(/C=C(\[O-])c1c(F)c(F)c(F)c(F)c1F)c1c(F)c(F)c(F)c(F)c1F.O=C(/C=C(\[O-])c1c(F)c(F)c(F)c(F)c1F)c1c(F)c(F)c(F)c(F)c1F.O=C(/C=C(\[O-])c1c(F)c(F)c(F)c(F)c1F)c1c(F)c(F)c(F)c(F)c1F.O=C(/C=C(\[O-])c1c(F)c(F)c(F)c(F)c1F)c1c(F)c(F)c(F)c(F)c1F.[Co+2].[Co+2].[OH3+].[OH3+]. The Bertz CT molecular complexity index is 5540. The van der Waals surface area contributed by atoms with E-state index in [1.165, 1.54) is 33.4 Å². The molecule has 10 nitrogen and oxygen atoms in total. The van der Waals surface area contributed by atoms with E-state index in [4.69, 9.17) is 0 Å². The van der Waals surface area contributed by atoms with Gasteiger partial charge in [0.15, 0.2) is 209 Å². The molecule has 0 bridgehead atoms. The molecule has 0 aliphatic carbocycles. The van der Waals surface area contributed by atoms with Gasteiger partial charge >= 0.3 is 33.6 Å². The topological polar surface area (TPSA) is 227 Å². The van der Waals surface area contributed by atoms with Crippen LogP contribution in [0.25, 0.3) is 23.0 Å². The van der Waals surface area contributed by atoms with Gasteiger partial charge in [-0.25, -0.2) is 176 Å². The van der Waals surface area contributed by atoms with Crippen LogP contribution in [0.4, 0.5) is 176 Å². The number of halogens is 40. The average molecular weight is 2090 g/mol. The van der Waals surface area contributed by atoms with Crippen molar-refractivity contribution in [1.82, 2.24) is 0 Å². The number of aryl methyl sites for hydroxylation is 6. The molecule has 0 spiro atoms. The van der Waals surface area contributed by atoms with Crippen LogP contribution in [0, 0.1) is 274 Å². The zero-order valence-corrected chi connectivity index (χ0v) is 68.5. The predicted molar refractivity (Wildman–Crippen MR) is 377 cm³/mol. The molecule has 0 aliphatic heterocycles. The minimum absolute atomic E-state index is 0. The summed E-state index contributed by atoms with van der Waals surface area (Å²) in [6, 6.07) is 25.4. The first-order valence-corrected chi connectivity index (χ1v) is 34.0. The van der Waals surface area contributed by atoms with Crippen LogP contribution in [0.1, 0.15) is 97.1 Å². The Balaban J connectivity index is 0.000000826. The maximum absolute atomic E-state index is 13.5. The molecule has 0 fully saturated rings. The van der Waals surface area contributed by atoms with Gasteiger partial charge in [-0.3, -0.25) is 19.2 Å². The standard InChI is InChI=1S/4C15H2F10O2.3C8H10.2Co.2H2O/c4*16-6-4(7(17)11(21)14(24)10(6)20)2(26)1-3(27)5-8(18)12(22)15(25)13(23)9(5)19;3*1-7-3-5-8(2)6-4-7;;;;/h4*1,26H;3*3-6H,1-2H3;;;2*1H2/q;;;;;;;2*+2;;/p-2/b4*2-1-;;;;;;;. The first-order valence-electron chi connectivity index (χ1n) is 34.0. The van der Waals surface area contributed by atoms with Crippen LogP contribution in [0.3, 0.4) is 0 Å². The van der Waals surface area contributed by atoms with E-state index < -0.39 is 348 Å². The molecule has 2 radical (unpaired) electrons. The molecule has 11 aromatic rings. The fourth-order valence-electron chi connectivity index (χ4n) is 9.53. The number of hydrogen-bond acceptors (Lipinski definition) is 8. The van der Waals surface area contributed by atoms with E-state index in [0.29, 0.717) is 0 Å². The number of ketones is 4. The van der Waals surface area contributed by atoms with Crippen LogP contribution in [0.2, 0.25) is 0 Å². The van der Waals surface area contributed by atoms with Gasteiger partial charge in [0.05, 0.1) is 22.3 Å². The normalized spacial score (nSPS) is 11.0. The van der Waals surface area contributed by atoms with Crippen LogP contribution in [0.5, 0.6) is 0 Å². The number of benzene rings is 11. The minimum atomic E-state index is -2.64. The Hall–Kier alpha value is -13.6. The van der Waals surface area contributed by atoms with Gasteiger partial charge in [0.25, 0.3) is 0 Å². The summed E-state index contributed by atoms with van der Waals surface area (Å²) in [5, 5.41) is 46.5. The Morgan fingerprint density at radius 2 is 0.221 bits per heavy atom. The molecule has 0 saturated heterocycles. The third-order valence-electron chi connectivity index (χ3n) is 16.4. The Kier molecular flexibility index (Phi) is 43.9. The number of carbonyl (C=O) groups excluding carboxylic acids is 4. The van der Waals surface area contributed by atoms with Gasteiger partial charge in [0, 0.05) is 22.3 Å². The summed E-state index contributed by atoms with van der Waals surface area (Å²) in [5.41, 5.74) is -9.33. The average Bonchev–Trinajstić information content (AvgIpc) is 0.756. The summed E-state index contributed by atoms with van der Waals surface area (Å²) >= 11 is 0. The second-order valence-corrected chi connectivity index (χ2v) is 25.5. The van der Waals surface area contributed by atoms with E-state index in [0.717, 1.165) is 0 Å². The molecule has 732 valence electrons. The molecule has 11 rings (SSSR count). The van der Waals surface area contributed by atoms with Crippen molar-refractivity contribution in [3.8, 4) is 0 Å². The summed E-state index contributed by atoms with van der Waals surface area (Å²) < 4.78 is 527. The molecule has 0 aromatic heterocycles. The van der Waals surface area contributed by atoms with E-state index >= 15 is 0 Å².